The molecule has 0 aliphatic rings. The van der Waals surface area contributed by atoms with Crippen molar-refractivity contribution in [1.29, 1.82) is 0 Å². The summed E-state index contributed by atoms with van der Waals surface area (Å²) in [6.45, 7) is 8.86. The van der Waals surface area contributed by atoms with Crippen molar-refractivity contribution in [2.45, 2.75) is 52.6 Å². The molecule has 3 heteroatoms. The number of nitrogens with one attached hydrogen (secondary N) is 1. The Morgan fingerprint density at radius 3 is 2.58 bits per heavy atom. The highest BCUT2D eigenvalue weighted by molar-refractivity contribution is 9.10. The fraction of sp³-hybridized carbons (Fsp3) is 0.625. The molecule has 0 aliphatic carbocycles. The van der Waals surface area contributed by atoms with Gasteiger partial charge < -0.3 is 10.2 Å². The molecule has 0 spiro atoms. The summed E-state index contributed by atoms with van der Waals surface area (Å²) in [6, 6.07) is 7.28. The normalized spacial score (nSPS) is 12.5. The van der Waals surface area contributed by atoms with Crippen molar-refractivity contribution in [3.8, 4) is 0 Å². The number of hydrogen-bond donors (Lipinski definition) is 1. The van der Waals surface area contributed by atoms with Gasteiger partial charge in [0.1, 0.15) is 0 Å². The molecule has 19 heavy (non-hydrogen) atoms. The monoisotopic (exact) mass is 326 g/mol. The molecule has 0 bridgehead atoms. The van der Waals surface area contributed by atoms with Crippen LogP contribution in [0.15, 0.2) is 22.7 Å². The van der Waals surface area contributed by atoms with E-state index in [9.17, 15) is 0 Å². The number of hydrogen-bond acceptors (Lipinski definition) is 2. The second kappa shape index (κ2) is 8.60. The Bertz CT molecular complexity index is 379. The van der Waals surface area contributed by atoms with Crippen molar-refractivity contribution in [2.75, 3.05) is 18.5 Å². The third-order valence-electron chi connectivity index (χ3n) is 3.58. The van der Waals surface area contributed by atoms with Gasteiger partial charge in [-0.25, -0.2) is 0 Å². The first-order valence-corrected chi connectivity index (χ1v) is 8.12. The van der Waals surface area contributed by atoms with Gasteiger partial charge in [0.25, 0.3) is 0 Å². The van der Waals surface area contributed by atoms with Gasteiger partial charge in [0, 0.05) is 23.6 Å². The maximum atomic E-state index is 3.74. The second-order valence-electron chi connectivity index (χ2n) is 5.12. The summed E-state index contributed by atoms with van der Waals surface area (Å²) >= 11 is 3.74. The maximum absolute atomic E-state index is 3.74. The van der Waals surface area contributed by atoms with Gasteiger partial charge in [-0.1, -0.05) is 26.3 Å². The molecule has 1 aromatic rings. The van der Waals surface area contributed by atoms with Crippen LogP contribution in [0.1, 0.15) is 45.6 Å². The highest BCUT2D eigenvalue weighted by Crippen LogP contribution is 2.29. The van der Waals surface area contributed by atoms with E-state index in [4.69, 9.17) is 0 Å². The maximum Gasteiger partial charge on any atom is 0.0513 e. The predicted octanol–water partition coefficient (Wildman–Crippen LogP) is 4.57. The summed E-state index contributed by atoms with van der Waals surface area (Å²) in [7, 11) is 1.98. The van der Waals surface area contributed by atoms with Gasteiger partial charge in [0.15, 0.2) is 0 Å². The van der Waals surface area contributed by atoms with Crippen LogP contribution >= 0.6 is 15.9 Å². The van der Waals surface area contributed by atoms with Gasteiger partial charge in [-0.05, 0) is 60.4 Å². The van der Waals surface area contributed by atoms with Crippen LogP contribution in [0.2, 0.25) is 0 Å². The molecule has 0 heterocycles. The molecule has 1 unspecified atom stereocenters. The fourth-order valence-electron chi connectivity index (χ4n) is 2.22. The van der Waals surface area contributed by atoms with Gasteiger partial charge in [-0.2, -0.15) is 0 Å². The zero-order valence-corrected chi connectivity index (χ0v) is 14.3. The Hall–Kier alpha value is -0.540. The van der Waals surface area contributed by atoms with Crippen LogP contribution in [0.25, 0.3) is 0 Å². The van der Waals surface area contributed by atoms with Gasteiger partial charge >= 0.3 is 0 Å². The molecule has 2 nitrogen and oxygen atoms in total. The first-order chi connectivity index (χ1) is 9.13. The summed E-state index contributed by atoms with van der Waals surface area (Å²) in [5.41, 5.74) is 2.64. The van der Waals surface area contributed by atoms with E-state index in [0.717, 1.165) is 13.1 Å². The Kier molecular flexibility index (Phi) is 7.47. The van der Waals surface area contributed by atoms with Crippen molar-refractivity contribution in [1.82, 2.24) is 5.32 Å². The Morgan fingerprint density at radius 1 is 1.32 bits per heavy atom. The van der Waals surface area contributed by atoms with Crippen molar-refractivity contribution < 1.29 is 0 Å². The number of halogens is 1. The predicted molar refractivity (Wildman–Crippen MR) is 88.9 cm³/mol. The summed E-state index contributed by atoms with van der Waals surface area (Å²) in [5.74, 6) is 0. The minimum absolute atomic E-state index is 0.581. The molecule has 0 aromatic heterocycles. The van der Waals surface area contributed by atoms with Gasteiger partial charge in [-0.15, -0.1) is 0 Å². The lowest BCUT2D eigenvalue weighted by atomic mass is 10.1. The fourth-order valence-corrected chi connectivity index (χ4v) is 2.88. The van der Waals surface area contributed by atoms with E-state index in [1.807, 2.05) is 7.05 Å². The third kappa shape index (κ3) is 4.81. The van der Waals surface area contributed by atoms with Crippen molar-refractivity contribution in [3.63, 3.8) is 0 Å². The highest BCUT2D eigenvalue weighted by Gasteiger charge is 2.15. The lowest BCUT2D eigenvalue weighted by Gasteiger charge is -2.32. The SMILES string of the molecule is CCCCN(c1ccc(CNC)cc1Br)C(C)CC. The highest BCUT2D eigenvalue weighted by atomic mass is 79.9. The van der Waals surface area contributed by atoms with Crippen LogP contribution in [0.4, 0.5) is 5.69 Å². The number of rotatable bonds is 8. The number of nitrogens with zero attached hydrogens (tertiary/aromatic N) is 1. The van der Waals surface area contributed by atoms with E-state index in [0.29, 0.717) is 6.04 Å². The summed E-state index contributed by atoms with van der Waals surface area (Å²) in [4.78, 5) is 2.52. The van der Waals surface area contributed by atoms with E-state index < -0.39 is 0 Å². The van der Waals surface area contributed by atoms with E-state index in [2.05, 4.69) is 65.1 Å². The minimum Gasteiger partial charge on any atom is -0.368 e. The van der Waals surface area contributed by atoms with Crippen LogP contribution in [0.3, 0.4) is 0 Å². The number of unbranched alkanes of at least 4 members (excludes halogenated alkanes) is 1. The molecule has 0 radical (unpaired) electrons. The molecule has 1 N–H and O–H groups in total. The minimum atomic E-state index is 0.581. The summed E-state index contributed by atoms with van der Waals surface area (Å²) in [6.07, 6.45) is 3.66. The molecule has 1 rings (SSSR count). The summed E-state index contributed by atoms with van der Waals surface area (Å²) in [5, 5.41) is 3.19. The van der Waals surface area contributed by atoms with Crippen molar-refractivity contribution in [3.05, 3.63) is 28.2 Å². The molecule has 108 valence electrons. The molecule has 1 atom stereocenters. The molecule has 0 aliphatic heterocycles. The quantitative estimate of drug-likeness (QED) is 0.752. The Balaban J connectivity index is 2.94. The first kappa shape index (κ1) is 16.5. The van der Waals surface area contributed by atoms with E-state index in [1.54, 1.807) is 0 Å². The van der Waals surface area contributed by atoms with Crippen LogP contribution in [-0.2, 0) is 6.54 Å². The smallest absolute Gasteiger partial charge is 0.0513 e. The van der Waals surface area contributed by atoms with Crippen LogP contribution in [-0.4, -0.2) is 19.6 Å². The lowest BCUT2D eigenvalue weighted by Crippen LogP contribution is -2.33. The zero-order chi connectivity index (χ0) is 14.3. The van der Waals surface area contributed by atoms with E-state index in [-0.39, 0.29) is 0 Å². The molecule has 1 aromatic carbocycles. The van der Waals surface area contributed by atoms with Gasteiger partial charge in [0.05, 0.1) is 5.69 Å². The van der Waals surface area contributed by atoms with Crippen LogP contribution in [0.5, 0.6) is 0 Å². The van der Waals surface area contributed by atoms with Crippen LogP contribution < -0.4 is 10.2 Å². The molecule has 0 saturated carbocycles. The Labute approximate surface area is 126 Å². The molecule has 0 amide bonds. The largest absolute Gasteiger partial charge is 0.368 e. The number of anilines is 1. The molecule has 0 saturated heterocycles. The van der Waals surface area contributed by atoms with E-state index in [1.165, 1.54) is 35.0 Å². The standard InChI is InChI=1S/C16H27BrN2/c1-5-7-10-19(13(3)6-2)16-9-8-14(12-18-4)11-15(16)17/h8-9,11,13,18H,5-7,10,12H2,1-4H3. The molecular weight excluding hydrogens is 300 g/mol. The lowest BCUT2D eigenvalue weighted by molar-refractivity contribution is 0.595. The first-order valence-electron chi connectivity index (χ1n) is 7.33. The topological polar surface area (TPSA) is 15.3 Å². The average molecular weight is 327 g/mol. The zero-order valence-electron chi connectivity index (χ0n) is 12.7. The van der Waals surface area contributed by atoms with Crippen LogP contribution in [0, 0.1) is 0 Å². The van der Waals surface area contributed by atoms with Gasteiger partial charge in [0.2, 0.25) is 0 Å². The number of benzene rings is 1. The Morgan fingerprint density at radius 2 is 2.05 bits per heavy atom. The van der Waals surface area contributed by atoms with Crippen molar-refractivity contribution >= 4 is 21.6 Å². The second-order valence-corrected chi connectivity index (χ2v) is 5.97. The van der Waals surface area contributed by atoms with Crippen molar-refractivity contribution in [2.24, 2.45) is 0 Å². The van der Waals surface area contributed by atoms with E-state index >= 15 is 0 Å². The third-order valence-corrected chi connectivity index (χ3v) is 4.21. The average Bonchev–Trinajstić information content (AvgIpc) is 2.41. The van der Waals surface area contributed by atoms with Gasteiger partial charge in [-0.3, -0.25) is 0 Å². The molecular formula is C16H27BrN2. The molecule has 0 fully saturated rings. The summed E-state index contributed by atoms with van der Waals surface area (Å²) < 4.78 is 1.21.